The van der Waals surface area contributed by atoms with Crippen molar-refractivity contribution in [1.29, 1.82) is 0 Å². The van der Waals surface area contributed by atoms with Crippen molar-refractivity contribution >= 4 is 44.4 Å². The molecule has 164 valence electrons. The van der Waals surface area contributed by atoms with Crippen molar-refractivity contribution in [3.8, 4) is 0 Å². The van der Waals surface area contributed by atoms with Crippen molar-refractivity contribution in [1.82, 2.24) is 4.98 Å². The van der Waals surface area contributed by atoms with Gasteiger partial charge in [-0.05, 0) is 79.1 Å². The molecule has 0 fully saturated rings. The first-order valence-electron chi connectivity index (χ1n) is 10.6. The Morgan fingerprint density at radius 1 is 1.03 bits per heavy atom. The number of halogens is 1. The summed E-state index contributed by atoms with van der Waals surface area (Å²) in [5.41, 5.74) is 4.44. The highest BCUT2D eigenvalue weighted by Gasteiger charge is 2.20. The molecule has 1 heterocycles. The molecule has 0 radical (unpaired) electrons. The highest BCUT2D eigenvalue weighted by molar-refractivity contribution is 7.99. The number of thioether (sulfide) groups is 1. The maximum Gasteiger partial charge on any atom is 0.229 e. The topological polar surface area (TPSA) is 33.2 Å². The third kappa shape index (κ3) is 5.56. The van der Waals surface area contributed by atoms with Crippen LogP contribution in [0.5, 0.6) is 0 Å². The van der Waals surface area contributed by atoms with Crippen molar-refractivity contribution in [3.63, 3.8) is 0 Å². The summed E-state index contributed by atoms with van der Waals surface area (Å²) >= 11 is 3.21. The van der Waals surface area contributed by atoms with Gasteiger partial charge in [-0.1, -0.05) is 41.7 Å². The Balaban J connectivity index is 1.48. The molecule has 1 amide bonds. The van der Waals surface area contributed by atoms with Gasteiger partial charge in [-0.3, -0.25) is 9.69 Å². The second-order valence-electron chi connectivity index (χ2n) is 7.77. The Bertz CT molecular complexity index is 1170. The van der Waals surface area contributed by atoms with Gasteiger partial charge in [0.05, 0.1) is 16.8 Å². The zero-order valence-corrected chi connectivity index (χ0v) is 19.8. The average Bonchev–Trinajstić information content (AvgIpc) is 3.19. The van der Waals surface area contributed by atoms with Crippen LogP contribution in [-0.2, 0) is 11.3 Å². The van der Waals surface area contributed by atoms with Gasteiger partial charge in [-0.15, -0.1) is 11.8 Å². The predicted molar refractivity (Wildman–Crippen MR) is 133 cm³/mol. The highest BCUT2D eigenvalue weighted by atomic mass is 32.2. The van der Waals surface area contributed by atoms with Crippen LogP contribution >= 0.6 is 23.1 Å². The van der Waals surface area contributed by atoms with Gasteiger partial charge >= 0.3 is 0 Å². The molecule has 0 N–H and O–H groups in total. The number of aryl methyl sites for hydroxylation is 2. The Morgan fingerprint density at radius 3 is 2.50 bits per heavy atom. The first kappa shape index (κ1) is 22.5. The van der Waals surface area contributed by atoms with Gasteiger partial charge < -0.3 is 0 Å². The molecule has 4 aromatic rings. The zero-order valence-electron chi connectivity index (χ0n) is 18.2. The molecule has 0 saturated carbocycles. The number of aromatic nitrogens is 1. The van der Waals surface area contributed by atoms with Gasteiger partial charge in [0.15, 0.2) is 5.13 Å². The minimum Gasteiger partial charge on any atom is -0.284 e. The number of hydrogen-bond donors (Lipinski definition) is 0. The first-order chi connectivity index (χ1) is 15.5. The van der Waals surface area contributed by atoms with E-state index in [0.29, 0.717) is 13.0 Å². The van der Waals surface area contributed by atoms with Crippen LogP contribution in [-0.4, -0.2) is 16.6 Å². The number of anilines is 1. The summed E-state index contributed by atoms with van der Waals surface area (Å²) in [7, 11) is 0. The number of thiazole rings is 1. The molecule has 3 aromatic carbocycles. The van der Waals surface area contributed by atoms with Crippen molar-refractivity contribution in [3.05, 3.63) is 89.2 Å². The standard InChI is InChI=1S/C26H25FN2OS2/c1-18-15-23-24(16-19(18)2)32-26(28-23)29(17-20-7-4-3-5-8-20)25(30)9-6-14-31-22-12-10-21(27)11-13-22/h3-5,7-8,10-13,15-16H,6,9,14,17H2,1-2H3. The van der Waals surface area contributed by atoms with Gasteiger partial charge in [0.25, 0.3) is 0 Å². The largest absolute Gasteiger partial charge is 0.284 e. The molecule has 1 aromatic heterocycles. The van der Waals surface area contributed by atoms with Crippen LogP contribution in [0.15, 0.2) is 71.6 Å². The summed E-state index contributed by atoms with van der Waals surface area (Å²) in [5.74, 6) is 0.637. The third-order valence-electron chi connectivity index (χ3n) is 5.33. The summed E-state index contributed by atoms with van der Waals surface area (Å²) < 4.78 is 14.2. The number of nitrogens with zero attached hydrogens (tertiary/aromatic N) is 2. The molecule has 0 aliphatic heterocycles. The van der Waals surface area contributed by atoms with E-state index in [-0.39, 0.29) is 11.7 Å². The van der Waals surface area contributed by atoms with Crippen LogP contribution in [0.25, 0.3) is 10.2 Å². The monoisotopic (exact) mass is 464 g/mol. The van der Waals surface area contributed by atoms with E-state index in [2.05, 4.69) is 26.0 Å². The molecule has 0 saturated heterocycles. The molecule has 0 aliphatic carbocycles. The smallest absolute Gasteiger partial charge is 0.229 e. The molecule has 6 heteroatoms. The summed E-state index contributed by atoms with van der Waals surface area (Å²) in [6.45, 7) is 4.68. The van der Waals surface area contributed by atoms with Crippen LogP contribution < -0.4 is 4.90 Å². The Labute approximate surface area is 196 Å². The molecule has 0 atom stereocenters. The van der Waals surface area contributed by atoms with Gasteiger partial charge in [0.1, 0.15) is 5.82 Å². The lowest BCUT2D eigenvalue weighted by Gasteiger charge is -2.20. The molecule has 0 spiro atoms. The van der Waals surface area contributed by atoms with Gasteiger partial charge in [-0.25, -0.2) is 9.37 Å². The van der Waals surface area contributed by atoms with Crippen LogP contribution in [0.2, 0.25) is 0 Å². The lowest BCUT2D eigenvalue weighted by molar-refractivity contribution is -0.118. The number of fused-ring (bicyclic) bond motifs is 1. The second-order valence-corrected chi connectivity index (χ2v) is 9.95. The lowest BCUT2D eigenvalue weighted by atomic mass is 10.1. The van der Waals surface area contributed by atoms with Crippen LogP contribution in [0.4, 0.5) is 9.52 Å². The van der Waals surface area contributed by atoms with E-state index in [9.17, 15) is 9.18 Å². The van der Waals surface area contributed by atoms with Crippen molar-refractivity contribution in [2.45, 2.75) is 38.1 Å². The number of benzene rings is 3. The molecular weight excluding hydrogens is 439 g/mol. The Kier molecular flexibility index (Phi) is 7.22. The Morgan fingerprint density at radius 2 is 1.75 bits per heavy atom. The van der Waals surface area contributed by atoms with Crippen molar-refractivity contribution in [2.75, 3.05) is 10.7 Å². The quantitative estimate of drug-likeness (QED) is 0.205. The van der Waals surface area contributed by atoms with E-state index in [4.69, 9.17) is 4.98 Å². The number of carbonyl (C=O) groups excluding carboxylic acids is 1. The van der Waals surface area contributed by atoms with Gasteiger partial charge in [0, 0.05) is 11.3 Å². The molecular formula is C26H25FN2OS2. The number of rotatable bonds is 8. The van der Waals surface area contributed by atoms with Crippen LogP contribution in [0, 0.1) is 19.7 Å². The number of amides is 1. The van der Waals surface area contributed by atoms with Crippen LogP contribution in [0.3, 0.4) is 0 Å². The molecule has 32 heavy (non-hydrogen) atoms. The van der Waals surface area contributed by atoms with E-state index in [0.717, 1.165) is 38.0 Å². The minimum atomic E-state index is -0.234. The number of carbonyl (C=O) groups is 1. The third-order valence-corrected chi connectivity index (χ3v) is 7.46. The summed E-state index contributed by atoms with van der Waals surface area (Å²) in [4.78, 5) is 20.9. The first-order valence-corrected chi connectivity index (χ1v) is 12.4. The minimum absolute atomic E-state index is 0.0704. The fraction of sp³-hybridized carbons (Fsp3) is 0.231. The molecule has 0 bridgehead atoms. The fourth-order valence-electron chi connectivity index (χ4n) is 3.39. The lowest BCUT2D eigenvalue weighted by Crippen LogP contribution is -2.30. The second kappa shape index (κ2) is 10.3. The Hall–Kier alpha value is -2.70. The number of hydrogen-bond acceptors (Lipinski definition) is 4. The summed E-state index contributed by atoms with van der Waals surface area (Å²) in [6, 6.07) is 20.7. The zero-order chi connectivity index (χ0) is 22.5. The summed E-state index contributed by atoms with van der Waals surface area (Å²) in [6.07, 6.45) is 1.18. The molecule has 4 rings (SSSR count). The molecule has 3 nitrogen and oxygen atoms in total. The van der Waals surface area contributed by atoms with Crippen molar-refractivity contribution in [2.24, 2.45) is 0 Å². The SMILES string of the molecule is Cc1cc2nc(N(Cc3ccccc3)C(=O)CCCSc3ccc(F)cc3)sc2cc1C. The highest BCUT2D eigenvalue weighted by Crippen LogP contribution is 2.32. The molecule has 0 unspecified atom stereocenters. The van der Waals surface area contributed by atoms with E-state index in [1.807, 2.05) is 35.2 Å². The van der Waals surface area contributed by atoms with Crippen LogP contribution in [0.1, 0.15) is 29.5 Å². The van der Waals surface area contributed by atoms with E-state index in [1.54, 1.807) is 35.2 Å². The van der Waals surface area contributed by atoms with Gasteiger partial charge in [-0.2, -0.15) is 0 Å². The maximum absolute atomic E-state index is 13.2. The normalized spacial score (nSPS) is 11.1. The fourth-order valence-corrected chi connectivity index (χ4v) is 5.31. The summed E-state index contributed by atoms with van der Waals surface area (Å²) in [5, 5.41) is 0.741. The van der Waals surface area contributed by atoms with Gasteiger partial charge in [0.2, 0.25) is 5.91 Å². The molecule has 0 aliphatic rings. The average molecular weight is 465 g/mol. The maximum atomic E-state index is 13.2. The van der Waals surface area contributed by atoms with E-state index < -0.39 is 0 Å². The van der Waals surface area contributed by atoms with Crippen molar-refractivity contribution < 1.29 is 9.18 Å². The van der Waals surface area contributed by atoms with E-state index in [1.165, 1.54) is 23.3 Å². The van der Waals surface area contributed by atoms with E-state index >= 15 is 0 Å². The predicted octanol–water partition coefficient (Wildman–Crippen LogP) is 7.16.